The van der Waals surface area contributed by atoms with Gasteiger partial charge in [-0.1, -0.05) is 43.5 Å². The Bertz CT molecular complexity index is 1380. The molecule has 2 aromatic carbocycles. The van der Waals surface area contributed by atoms with Crippen LogP contribution < -0.4 is 26.0 Å². The van der Waals surface area contributed by atoms with E-state index in [-0.39, 0.29) is 48.2 Å². The van der Waals surface area contributed by atoms with Crippen molar-refractivity contribution in [2.24, 2.45) is 5.92 Å². The lowest BCUT2D eigenvalue weighted by molar-refractivity contribution is -0.120. The van der Waals surface area contributed by atoms with Crippen molar-refractivity contribution >= 4 is 70.0 Å². The zero-order chi connectivity index (χ0) is 32.3. The number of nitrogens with one attached hydrogen (secondary N) is 4. The molecule has 13 heteroatoms. The Morgan fingerprint density at radius 1 is 0.956 bits per heavy atom. The summed E-state index contributed by atoms with van der Waals surface area (Å²) in [6.07, 6.45) is 4.50. The van der Waals surface area contributed by atoms with Crippen molar-refractivity contribution in [1.29, 1.82) is 0 Å². The van der Waals surface area contributed by atoms with Crippen LogP contribution in [0.4, 0.5) is 16.2 Å². The molecule has 0 spiro atoms. The molecule has 10 nitrogen and oxygen atoms in total. The summed E-state index contributed by atoms with van der Waals surface area (Å²) in [5, 5.41) is 12.7. The number of thioether (sulfide) groups is 1. The van der Waals surface area contributed by atoms with Gasteiger partial charge < -0.3 is 30.7 Å². The Balaban J connectivity index is 1.14. The van der Waals surface area contributed by atoms with Crippen LogP contribution in [0.2, 0.25) is 10.0 Å². The maximum atomic E-state index is 12.9. The van der Waals surface area contributed by atoms with Gasteiger partial charge in [-0.3, -0.25) is 14.4 Å². The van der Waals surface area contributed by atoms with Gasteiger partial charge in [-0.15, -0.1) is 0 Å². The zero-order valence-electron chi connectivity index (χ0n) is 25.5. The summed E-state index contributed by atoms with van der Waals surface area (Å²) < 4.78 is 11.5. The summed E-state index contributed by atoms with van der Waals surface area (Å²) in [7, 11) is 0. The Kier molecular flexibility index (Phi) is 13.2. The monoisotopic (exact) mass is 678 g/mol. The number of ketones is 1. The minimum atomic E-state index is -0.388. The third kappa shape index (κ3) is 10.5. The molecular formula is C32H40Cl2N4O6S. The molecule has 0 aromatic heterocycles. The van der Waals surface area contributed by atoms with Crippen molar-refractivity contribution < 1.29 is 28.7 Å². The largest absolute Gasteiger partial charge is 0.489 e. The predicted octanol–water partition coefficient (Wildman–Crippen LogP) is 6.31. The lowest BCUT2D eigenvalue weighted by atomic mass is 10.0. The van der Waals surface area contributed by atoms with Crippen LogP contribution in [0.1, 0.15) is 62.7 Å². The molecule has 244 valence electrons. The van der Waals surface area contributed by atoms with E-state index in [1.54, 1.807) is 50.2 Å². The summed E-state index contributed by atoms with van der Waals surface area (Å²) in [4.78, 5) is 49.1. The Hall–Kier alpha value is -2.99. The molecule has 4 amide bonds. The quantitative estimate of drug-likeness (QED) is 0.114. The first-order valence-corrected chi connectivity index (χ1v) is 17.0. The second-order valence-corrected chi connectivity index (χ2v) is 13.5. The first-order valence-electron chi connectivity index (χ1n) is 15.2. The van der Waals surface area contributed by atoms with Gasteiger partial charge in [-0.05, 0) is 55.7 Å². The Morgan fingerprint density at radius 3 is 2.53 bits per heavy atom. The van der Waals surface area contributed by atoms with Gasteiger partial charge in [0.25, 0.3) is 5.91 Å². The normalized spacial score (nSPS) is 18.7. The molecule has 2 fully saturated rings. The molecule has 45 heavy (non-hydrogen) atoms. The van der Waals surface area contributed by atoms with Crippen molar-refractivity contribution in [3.8, 4) is 5.75 Å². The fourth-order valence-electron chi connectivity index (χ4n) is 5.07. The van der Waals surface area contributed by atoms with Crippen LogP contribution in [0.3, 0.4) is 0 Å². The number of carbonyl (C=O) groups excluding carboxylic acids is 4. The number of benzene rings is 2. The van der Waals surface area contributed by atoms with Crippen LogP contribution in [0.15, 0.2) is 36.4 Å². The van der Waals surface area contributed by atoms with Crippen molar-refractivity contribution in [3.05, 3.63) is 52.0 Å². The molecule has 2 aliphatic heterocycles. The van der Waals surface area contributed by atoms with E-state index in [9.17, 15) is 19.2 Å². The number of carbonyl (C=O) groups is 4. The molecule has 0 radical (unpaired) electrons. The highest BCUT2D eigenvalue weighted by molar-refractivity contribution is 8.00. The lowest BCUT2D eigenvalue weighted by Crippen LogP contribution is -2.36. The maximum Gasteiger partial charge on any atom is 0.315 e. The predicted molar refractivity (Wildman–Crippen MR) is 179 cm³/mol. The minimum absolute atomic E-state index is 0.0722. The van der Waals surface area contributed by atoms with Crippen molar-refractivity contribution in [2.45, 2.75) is 69.7 Å². The highest BCUT2D eigenvalue weighted by Gasteiger charge is 2.42. The number of unbranched alkanes of at least 4 members (excludes halogenated alkanes) is 1. The molecule has 0 aliphatic carbocycles. The van der Waals surface area contributed by atoms with Crippen LogP contribution in [0.5, 0.6) is 5.75 Å². The third-order valence-electron chi connectivity index (χ3n) is 7.56. The number of Topliss-reactive ketones (excluding diaryl/α,β-unsaturated/α-hetero) is 1. The van der Waals surface area contributed by atoms with Gasteiger partial charge in [0.1, 0.15) is 18.1 Å². The molecule has 4 N–H and O–H groups in total. The lowest BCUT2D eigenvalue weighted by Gasteiger charge is -2.16. The molecule has 2 aliphatic rings. The molecule has 1 unspecified atom stereocenters. The van der Waals surface area contributed by atoms with Crippen LogP contribution in [-0.4, -0.2) is 66.5 Å². The van der Waals surface area contributed by atoms with Crippen LogP contribution in [0.25, 0.3) is 0 Å². The standard InChI is InChI=1S/C32H40Cl2N4O6S/c1-19(2)30(40)36-25-16-20(31(41)35-21-10-11-23(33)24(34)17-21)9-12-27(25)44-15-14-43-13-5-7-22(39)6-3-4-8-28-29-26(18-45-28)37-32(42)38-29/h9-12,16-17,19,26,28-29H,3-8,13-15,18H2,1-2H3,(H,35,41)(H,36,40)(H2,37,38,42)/t26-,28?,29-/m0/s1. The first-order chi connectivity index (χ1) is 21.6. The first kappa shape index (κ1) is 34.9. The molecular weight excluding hydrogens is 639 g/mol. The molecule has 0 bridgehead atoms. The second kappa shape index (κ2) is 17.1. The fraction of sp³-hybridized carbons (Fsp3) is 0.500. The van der Waals surface area contributed by atoms with Crippen LogP contribution in [-0.2, 0) is 14.3 Å². The number of fused-ring (bicyclic) bond motifs is 1. The number of halogens is 2. The van der Waals surface area contributed by atoms with Crippen molar-refractivity contribution in [2.75, 3.05) is 36.2 Å². The van der Waals surface area contributed by atoms with Crippen LogP contribution in [0, 0.1) is 5.92 Å². The number of ether oxygens (including phenoxy) is 2. The molecule has 2 aromatic rings. The Labute approximate surface area is 278 Å². The van der Waals surface area contributed by atoms with Crippen molar-refractivity contribution in [1.82, 2.24) is 10.6 Å². The number of hydrogen-bond acceptors (Lipinski definition) is 7. The van der Waals surface area contributed by atoms with E-state index in [1.807, 2.05) is 11.8 Å². The molecule has 2 heterocycles. The van der Waals surface area contributed by atoms with Gasteiger partial charge in [-0.25, -0.2) is 4.79 Å². The topological polar surface area (TPSA) is 135 Å². The van der Waals surface area contributed by atoms with Gasteiger partial charge in [0.05, 0.1) is 34.4 Å². The average molecular weight is 680 g/mol. The summed E-state index contributed by atoms with van der Waals surface area (Å²) >= 11 is 13.9. The maximum absolute atomic E-state index is 12.9. The highest BCUT2D eigenvalue weighted by Crippen LogP contribution is 2.33. The second-order valence-electron chi connectivity index (χ2n) is 11.4. The van der Waals surface area contributed by atoms with E-state index in [1.165, 1.54) is 0 Å². The van der Waals surface area contributed by atoms with Crippen LogP contribution >= 0.6 is 35.0 Å². The van der Waals surface area contributed by atoms with E-state index >= 15 is 0 Å². The van der Waals surface area contributed by atoms with Gasteiger partial charge in [-0.2, -0.15) is 11.8 Å². The average Bonchev–Trinajstić information content (AvgIpc) is 3.56. The summed E-state index contributed by atoms with van der Waals surface area (Å²) in [5.74, 6) is 0.712. The van der Waals surface area contributed by atoms with Gasteiger partial charge in [0.15, 0.2) is 0 Å². The number of anilines is 2. The van der Waals surface area contributed by atoms with E-state index in [4.69, 9.17) is 32.7 Å². The fourth-order valence-corrected chi connectivity index (χ4v) is 6.91. The van der Waals surface area contributed by atoms with Gasteiger partial charge in [0.2, 0.25) is 5.91 Å². The zero-order valence-corrected chi connectivity index (χ0v) is 27.8. The third-order valence-corrected chi connectivity index (χ3v) is 9.81. The van der Waals surface area contributed by atoms with E-state index in [2.05, 4.69) is 21.3 Å². The number of rotatable bonds is 17. The smallest absolute Gasteiger partial charge is 0.315 e. The van der Waals surface area contributed by atoms with Gasteiger partial charge in [0, 0.05) is 47.6 Å². The molecule has 3 atom stereocenters. The van der Waals surface area contributed by atoms with E-state index in [0.29, 0.717) is 70.5 Å². The number of hydrogen-bond donors (Lipinski definition) is 4. The molecule has 4 rings (SSSR count). The molecule has 0 saturated carbocycles. The highest BCUT2D eigenvalue weighted by atomic mass is 35.5. The Morgan fingerprint density at radius 2 is 1.76 bits per heavy atom. The molecule has 2 saturated heterocycles. The van der Waals surface area contributed by atoms with Crippen molar-refractivity contribution in [3.63, 3.8) is 0 Å². The van der Waals surface area contributed by atoms with E-state index in [0.717, 1.165) is 25.0 Å². The van der Waals surface area contributed by atoms with Gasteiger partial charge >= 0.3 is 6.03 Å². The summed E-state index contributed by atoms with van der Waals surface area (Å²) in [6, 6.07) is 9.94. The minimum Gasteiger partial charge on any atom is -0.489 e. The summed E-state index contributed by atoms with van der Waals surface area (Å²) in [5.41, 5.74) is 1.17. The SMILES string of the molecule is CC(C)C(=O)Nc1cc(C(=O)Nc2ccc(Cl)c(Cl)c2)ccc1OCCOCCCC(=O)CCCCC1SC[C@@H]2NC(=O)N[C@H]12. The van der Waals surface area contributed by atoms with E-state index < -0.39 is 0 Å². The number of amides is 4. The number of urea groups is 1. The summed E-state index contributed by atoms with van der Waals surface area (Å²) in [6.45, 7) is 4.51.